The van der Waals surface area contributed by atoms with E-state index in [-0.39, 0.29) is 17.0 Å². The molecule has 2 aromatic rings. The molecule has 0 aliphatic carbocycles. The summed E-state index contributed by atoms with van der Waals surface area (Å²) >= 11 is 1.57. The van der Waals surface area contributed by atoms with E-state index >= 15 is 0 Å². The number of nitro benzene ring substituents is 1. The molecule has 6 nitrogen and oxygen atoms in total. The highest BCUT2D eigenvalue weighted by Gasteiger charge is 2.20. The van der Waals surface area contributed by atoms with Gasteiger partial charge in [-0.1, -0.05) is 0 Å². The Bertz CT molecular complexity index is 625. The summed E-state index contributed by atoms with van der Waals surface area (Å²) in [6, 6.07) is 5.34. The van der Waals surface area contributed by atoms with Gasteiger partial charge in [-0.25, -0.2) is 0 Å². The van der Waals surface area contributed by atoms with Crippen molar-refractivity contribution in [3.05, 3.63) is 56.3 Å². The van der Waals surface area contributed by atoms with Gasteiger partial charge in [0, 0.05) is 12.6 Å². The van der Waals surface area contributed by atoms with Crippen LogP contribution in [-0.4, -0.2) is 22.5 Å². The monoisotopic (exact) mass is 292 g/mol. The lowest BCUT2D eigenvalue weighted by atomic mass is 10.1. The molecule has 7 heteroatoms. The molecule has 0 unspecified atom stereocenters. The third-order valence-electron chi connectivity index (χ3n) is 2.70. The molecule has 0 spiro atoms. The largest absolute Gasteiger partial charge is 0.508 e. The minimum Gasteiger partial charge on any atom is -0.508 e. The fourth-order valence-electron chi connectivity index (χ4n) is 1.72. The molecule has 2 N–H and O–H groups in total. The number of amides is 1. The fraction of sp³-hybridized carbons (Fsp3) is 0.154. The second kappa shape index (κ2) is 6.16. The van der Waals surface area contributed by atoms with Gasteiger partial charge in [0.15, 0.2) is 0 Å². The standard InChI is InChI=1S/C13H12N2O4S/c16-10-1-2-12(15(18)19)11(7-10)13(17)14-5-3-9-4-6-20-8-9/h1-2,4,6-8,16H,3,5H2,(H,14,17). The predicted molar refractivity (Wildman–Crippen MR) is 75.1 cm³/mol. The van der Waals surface area contributed by atoms with Crippen molar-refractivity contribution in [2.45, 2.75) is 6.42 Å². The van der Waals surface area contributed by atoms with E-state index in [0.29, 0.717) is 13.0 Å². The van der Waals surface area contributed by atoms with Crippen LogP contribution in [0.2, 0.25) is 0 Å². The second-order valence-corrected chi connectivity index (χ2v) is 4.88. The first kappa shape index (κ1) is 14.0. The summed E-state index contributed by atoms with van der Waals surface area (Å²) in [7, 11) is 0. The molecule has 0 saturated carbocycles. The maximum absolute atomic E-state index is 11.9. The summed E-state index contributed by atoms with van der Waals surface area (Å²) in [5.41, 5.74) is 0.636. The average molecular weight is 292 g/mol. The first-order valence-corrected chi connectivity index (χ1v) is 6.79. The predicted octanol–water partition coefficient (Wildman–Crippen LogP) is 2.33. The van der Waals surface area contributed by atoms with Crippen LogP contribution in [0, 0.1) is 10.1 Å². The maximum atomic E-state index is 11.9. The number of phenolic OH excluding ortho intramolecular Hbond substituents is 1. The molecule has 0 atom stereocenters. The van der Waals surface area contributed by atoms with E-state index in [4.69, 9.17) is 0 Å². The molecule has 0 saturated heterocycles. The Balaban J connectivity index is 2.05. The molecular formula is C13H12N2O4S. The summed E-state index contributed by atoms with van der Waals surface area (Å²) < 4.78 is 0. The molecular weight excluding hydrogens is 280 g/mol. The van der Waals surface area contributed by atoms with Gasteiger partial charge in [-0.3, -0.25) is 14.9 Å². The number of carbonyl (C=O) groups excluding carboxylic acids is 1. The molecule has 2 rings (SSSR count). The molecule has 0 bridgehead atoms. The third kappa shape index (κ3) is 3.33. The Labute approximate surface area is 118 Å². The lowest BCUT2D eigenvalue weighted by Crippen LogP contribution is -2.26. The molecule has 104 valence electrons. The van der Waals surface area contributed by atoms with E-state index in [0.717, 1.165) is 17.7 Å². The lowest BCUT2D eigenvalue weighted by molar-refractivity contribution is -0.385. The van der Waals surface area contributed by atoms with Gasteiger partial charge in [0.1, 0.15) is 11.3 Å². The van der Waals surface area contributed by atoms with Crippen molar-refractivity contribution in [3.8, 4) is 5.75 Å². The molecule has 1 aromatic heterocycles. The van der Waals surface area contributed by atoms with Crippen LogP contribution in [-0.2, 0) is 6.42 Å². The zero-order valence-corrected chi connectivity index (χ0v) is 11.2. The molecule has 20 heavy (non-hydrogen) atoms. The van der Waals surface area contributed by atoms with Crippen molar-refractivity contribution >= 4 is 22.9 Å². The molecule has 0 fully saturated rings. The first-order valence-electron chi connectivity index (χ1n) is 5.84. The van der Waals surface area contributed by atoms with Crippen LogP contribution in [0.5, 0.6) is 5.75 Å². The molecule has 0 aliphatic heterocycles. The third-order valence-corrected chi connectivity index (χ3v) is 3.43. The van der Waals surface area contributed by atoms with Crippen molar-refractivity contribution in [1.29, 1.82) is 0 Å². The second-order valence-electron chi connectivity index (χ2n) is 4.10. The normalized spacial score (nSPS) is 10.2. The Morgan fingerprint density at radius 2 is 2.20 bits per heavy atom. The van der Waals surface area contributed by atoms with Crippen molar-refractivity contribution in [3.63, 3.8) is 0 Å². The fourth-order valence-corrected chi connectivity index (χ4v) is 2.42. The van der Waals surface area contributed by atoms with Crippen molar-refractivity contribution in [2.24, 2.45) is 0 Å². The van der Waals surface area contributed by atoms with E-state index in [1.807, 2.05) is 16.8 Å². The van der Waals surface area contributed by atoms with Gasteiger partial charge in [0.25, 0.3) is 11.6 Å². The number of nitrogens with one attached hydrogen (secondary N) is 1. The van der Waals surface area contributed by atoms with Crippen LogP contribution < -0.4 is 5.32 Å². The van der Waals surface area contributed by atoms with Crippen LogP contribution in [0.4, 0.5) is 5.69 Å². The van der Waals surface area contributed by atoms with Gasteiger partial charge in [-0.05, 0) is 40.9 Å². The summed E-state index contributed by atoms with van der Waals surface area (Å²) in [6.07, 6.45) is 0.655. The Hall–Kier alpha value is -2.41. The number of nitrogens with zero attached hydrogens (tertiary/aromatic N) is 1. The van der Waals surface area contributed by atoms with Gasteiger partial charge < -0.3 is 10.4 Å². The summed E-state index contributed by atoms with van der Waals surface area (Å²) in [5.74, 6) is -0.749. The number of hydrogen-bond donors (Lipinski definition) is 2. The van der Waals surface area contributed by atoms with Crippen LogP contribution in [0.15, 0.2) is 35.0 Å². The highest BCUT2D eigenvalue weighted by molar-refractivity contribution is 7.07. The van der Waals surface area contributed by atoms with E-state index < -0.39 is 10.8 Å². The number of aromatic hydroxyl groups is 1. The minimum atomic E-state index is -0.646. The van der Waals surface area contributed by atoms with Crippen molar-refractivity contribution in [2.75, 3.05) is 6.54 Å². The van der Waals surface area contributed by atoms with Gasteiger partial charge >= 0.3 is 0 Å². The molecule has 0 aliphatic rings. The summed E-state index contributed by atoms with van der Waals surface area (Å²) in [5, 5.41) is 26.7. The van der Waals surface area contributed by atoms with E-state index in [2.05, 4.69) is 5.32 Å². The SMILES string of the molecule is O=C(NCCc1ccsc1)c1cc(O)ccc1[N+](=O)[O-]. The first-order chi connectivity index (χ1) is 9.58. The van der Waals surface area contributed by atoms with E-state index in [9.17, 15) is 20.0 Å². The van der Waals surface area contributed by atoms with Gasteiger partial charge in [0.05, 0.1) is 4.92 Å². The van der Waals surface area contributed by atoms with Gasteiger partial charge in [0.2, 0.25) is 0 Å². The lowest BCUT2D eigenvalue weighted by Gasteiger charge is -2.05. The van der Waals surface area contributed by atoms with Crippen molar-refractivity contribution in [1.82, 2.24) is 5.32 Å². The van der Waals surface area contributed by atoms with E-state index in [1.54, 1.807) is 11.3 Å². The summed E-state index contributed by atoms with van der Waals surface area (Å²) in [6.45, 7) is 0.377. The van der Waals surface area contributed by atoms with Crippen molar-refractivity contribution < 1.29 is 14.8 Å². The number of carbonyl (C=O) groups is 1. The zero-order chi connectivity index (χ0) is 14.5. The minimum absolute atomic E-state index is 0.139. The number of nitro groups is 1. The number of thiophene rings is 1. The topological polar surface area (TPSA) is 92.5 Å². The van der Waals surface area contributed by atoms with Crippen LogP contribution in [0.3, 0.4) is 0 Å². The number of benzene rings is 1. The van der Waals surface area contributed by atoms with Gasteiger partial charge in [-0.2, -0.15) is 11.3 Å². The smallest absolute Gasteiger partial charge is 0.282 e. The van der Waals surface area contributed by atoms with Crippen LogP contribution in [0.1, 0.15) is 15.9 Å². The number of rotatable bonds is 5. The highest BCUT2D eigenvalue weighted by atomic mass is 32.1. The highest BCUT2D eigenvalue weighted by Crippen LogP contribution is 2.23. The average Bonchev–Trinajstić information content (AvgIpc) is 2.91. The molecule has 1 amide bonds. The zero-order valence-electron chi connectivity index (χ0n) is 10.4. The molecule has 1 aromatic carbocycles. The number of hydrogen-bond acceptors (Lipinski definition) is 5. The summed E-state index contributed by atoms with van der Waals surface area (Å²) in [4.78, 5) is 22.1. The Kier molecular flexibility index (Phi) is 4.31. The number of phenols is 1. The molecule has 0 radical (unpaired) electrons. The Morgan fingerprint density at radius 3 is 2.85 bits per heavy atom. The quantitative estimate of drug-likeness (QED) is 0.653. The van der Waals surface area contributed by atoms with E-state index in [1.165, 1.54) is 6.07 Å². The Morgan fingerprint density at radius 1 is 1.40 bits per heavy atom. The van der Waals surface area contributed by atoms with Crippen LogP contribution in [0.25, 0.3) is 0 Å². The van der Waals surface area contributed by atoms with Crippen LogP contribution >= 0.6 is 11.3 Å². The maximum Gasteiger partial charge on any atom is 0.282 e. The molecule has 1 heterocycles. The van der Waals surface area contributed by atoms with Gasteiger partial charge in [-0.15, -0.1) is 0 Å².